The summed E-state index contributed by atoms with van der Waals surface area (Å²) >= 11 is 2.58. The number of thioether (sulfide) groups is 2. The van der Waals surface area contributed by atoms with Crippen molar-refractivity contribution in [2.24, 2.45) is 5.92 Å². The second-order valence-electron chi connectivity index (χ2n) is 8.87. The summed E-state index contributed by atoms with van der Waals surface area (Å²) in [6.07, 6.45) is 4.65. The van der Waals surface area contributed by atoms with Gasteiger partial charge in [-0.05, 0) is 38.7 Å². The standard InChI is InChI=1S/C22H34N4O6S2/c1-12(2)7-14(19(28)22(4)11-31-22)23-20(29)15(10-33-5)24-21(30)18(16(9-27)34-6)25-17-8-13(3)32-26-17/h8-9,12,14-16,18H,7,10-11H2,1-6H3,(H,23,29)(H,24,30)(H,25,26). The van der Waals surface area contributed by atoms with Crippen molar-refractivity contribution in [1.29, 1.82) is 0 Å². The molecule has 5 unspecified atom stereocenters. The van der Waals surface area contributed by atoms with Crippen LogP contribution in [0.5, 0.6) is 0 Å². The zero-order chi connectivity index (χ0) is 25.5. The zero-order valence-corrected chi connectivity index (χ0v) is 22.0. The van der Waals surface area contributed by atoms with E-state index in [0.717, 1.165) is 0 Å². The van der Waals surface area contributed by atoms with Crippen molar-refractivity contribution in [2.75, 3.05) is 30.2 Å². The van der Waals surface area contributed by atoms with E-state index in [9.17, 15) is 19.2 Å². The van der Waals surface area contributed by atoms with E-state index in [2.05, 4.69) is 21.1 Å². The number of aromatic nitrogens is 1. The molecule has 10 nitrogen and oxygen atoms in total. The van der Waals surface area contributed by atoms with Gasteiger partial charge in [0.1, 0.15) is 29.7 Å². The Labute approximate surface area is 208 Å². The quantitative estimate of drug-likeness (QED) is 0.232. The number of ketones is 1. The molecule has 2 amide bonds. The summed E-state index contributed by atoms with van der Waals surface area (Å²) in [4.78, 5) is 50.9. The van der Waals surface area contributed by atoms with Gasteiger partial charge in [0.05, 0.1) is 17.9 Å². The monoisotopic (exact) mass is 514 g/mol. The molecule has 5 atom stereocenters. The summed E-state index contributed by atoms with van der Waals surface area (Å²) in [5.74, 6) is 0.133. The lowest BCUT2D eigenvalue weighted by Crippen LogP contribution is -2.57. The molecule has 34 heavy (non-hydrogen) atoms. The fraction of sp³-hybridized carbons (Fsp3) is 0.682. The van der Waals surface area contributed by atoms with Gasteiger partial charge in [-0.25, -0.2) is 0 Å². The number of carbonyl (C=O) groups excluding carboxylic acids is 4. The summed E-state index contributed by atoms with van der Waals surface area (Å²) in [7, 11) is 0. The second kappa shape index (κ2) is 12.6. The van der Waals surface area contributed by atoms with Gasteiger partial charge in [-0.2, -0.15) is 23.5 Å². The third kappa shape index (κ3) is 7.74. The Bertz CT molecular complexity index is 873. The van der Waals surface area contributed by atoms with E-state index in [4.69, 9.17) is 9.26 Å². The smallest absolute Gasteiger partial charge is 0.244 e. The second-order valence-corrected chi connectivity index (χ2v) is 10.8. The molecule has 1 aromatic heterocycles. The number of nitrogens with one attached hydrogen (secondary N) is 3. The van der Waals surface area contributed by atoms with E-state index in [0.29, 0.717) is 30.9 Å². The van der Waals surface area contributed by atoms with Gasteiger partial charge in [-0.3, -0.25) is 14.4 Å². The minimum absolute atomic E-state index is 0.166. The molecule has 12 heteroatoms. The molecule has 0 saturated carbocycles. The van der Waals surface area contributed by atoms with Gasteiger partial charge in [0.25, 0.3) is 0 Å². The predicted octanol–water partition coefficient (Wildman–Crippen LogP) is 1.43. The van der Waals surface area contributed by atoms with Crippen molar-refractivity contribution < 1.29 is 28.4 Å². The van der Waals surface area contributed by atoms with Crippen LogP contribution in [-0.4, -0.2) is 82.9 Å². The van der Waals surface area contributed by atoms with Gasteiger partial charge in [-0.15, -0.1) is 0 Å². The molecule has 1 saturated heterocycles. The lowest BCUT2D eigenvalue weighted by atomic mass is 9.93. The highest BCUT2D eigenvalue weighted by molar-refractivity contribution is 8.00. The molecule has 2 rings (SSSR count). The van der Waals surface area contributed by atoms with Crippen molar-refractivity contribution in [1.82, 2.24) is 15.8 Å². The van der Waals surface area contributed by atoms with Gasteiger partial charge in [-0.1, -0.05) is 19.0 Å². The summed E-state index contributed by atoms with van der Waals surface area (Å²) in [5, 5.41) is 11.6. The fourth-order valence-corrected chi connectivity index (χ4v) is 4.51. The minimum Gasteiger partial charge on any atom is -0.361 e. The first-order valence-corrected chi connectivity index (χ1v) is 13.7. The normalized spacial score (nSPS) is 20.7. The highest BCUT2D eigenvalue weighted by Crippen LogP contribution is 2.29. The molecular weight excluding hydrogens is 480 g/mol. The van der Waals surface area contributed by atoms with Crippen molar-refractivity contribution in [3.8, 4) is 0 Å². The van der Waals surface area contributed by atoms with Gasteiger partial charge >= 0.3 is 0 Å². The molecule has 1 fully saturated rings. The Kier molecular flexibility index (Phi) is 10.4. The number of carbonyl (C=O) groups is 4. The lowest BCUT2D eigenvalue weighted by Gasteiger charge is -2.27. The summed E-state index contributed by atoms with van der Waals surface area (Å²) in [5.41, 5.74) is -0.870. The lowest BCUT2D eigenvalue weighted by molar-refractivity contribution is -0.133. The van der Waals surface area contributed by atoms with Crippen LogP contribution in [0, 0.1) is 12.8 Å². The highest BCUT2D eigenvalue weighted by Gasteiger charge is 2.50. The SMILES string of the molecule is CSCC(NC(=O)C(Nc1cc(C)on1)C(C=O)SC)C(=O)NC(CC(C)C)C(=O)C1(C)CO1. The van der Waals surface area contributed by atoms with E-state index in [1.807, 2.05) is 20.1 Å². The summed E-state index contributed by atoms with van der Waals surface area (Å²) in [6, 6.07) is -1.00. The van der Waals surface area contributed by atoms with Crippen molar-refractivity contribution in [2.45, 2.75) is 63.1 Å². The fourth-order valence-electron chi connectivity index (χ4n) is 3.37. The maximum Gasteiger partial charge on any atom is 0.244 e. The average molecular weight is 515 g/mol. The van der Waals surface area contributed by atoms with Crippen LogP contribution in [0.4, 0.5) is 5.82 Å². The van der Waals surface area contributed by atoms with Crippen LogP contribution in [-0.2, 0) is 23.9 Å². The zero-order valence-electron chi connectivity index (χ0n) is 20.4. The van der Waals surface area contributed by atoms with E-state index in [1.54, 1.807) is 26.2 Å². The number of epoxide rings is 1. The van der Waals surface area contributed by atoms with Crippen LogP contribution in [0.1, 0.15) is 33.0 Å². The molecule has 0 bridgehead atoms. The van der Waals surface area contributed by atoms with E-state index in [1.165, 1.54) is 23.5 Å². The highest BCUT2D eigenvalue weighted by atomic mass is 32.2. The summed E-state index contributed by atoms with van der Waals surface area (Å²) < 4.78 is 10.3. The first-order valence-electron chi connectivity index (χ1n) is 11.0. The molecule has 190 valence electrons. The molecule has 2 heterocycles. The largest absolute Gasteiger partial charge is 0.361 e. The molecule has 3 N–H and O–H groups in total. The first kappa shape index (κ1) is 28.2. The predicted molar refractivity (Wildman–Crippen MR) is 133 cm³/mol. The maximum absolute atomic E-state index is 13.2. The van der Waals surface area contributed by atoms with E-state index >= 15 is 0 Å². The Morgan fingerprint density at radius 1 is 1.21 bits per heavy atom. The van der Waals surface area contributed by atoms with Crippen LogP contribution in [0.2, 0.25) is 0 Å². The van der Waals surface area contributed by atoms with Gasteiger partial charge in [0, 0.05) is 11.8 Å². The Morgan fingerprint density at radius 3 is 2.32 bits per heavy atom. The molecule has 0 radical (unpaired) electrons. The van der Waals surface area contributed by atoms with Crippen LogP contribution in [0.15, 0.2) is 10.6 Å². The Hall–Kier alpha value is -2.05. The number of aryl methyl sites for hydroxylation is 1. The number of ether oxygens (including phenoxy) is 1. The molecule has 0 aromatic carbocycles. The molecule has 1 aliphatic rings. The number of anilines is 1. The number of amides is 2. The van der Waals surface area contributed by atoms with Crippen LogP contribution in [0.3, 0.4) is 0 Å². The number of hydrogen-bond acceptors (Lipinski definition) is 10. The molecular formula is C22H34N4O6S2. The third-order valence-electron chi connectivity index (χ3n) is 5.35. The number of aldehydes is 1. The van der Waals surface area contributed by atoms with Crippen LogP contribution in [0.25, 0.3) is 0 Å². The number of hydrogen-bond donors (Lipinski definition) is 3. The van der Waals surface area contributed by atoms with Crippen molar-refractivity contribution in [3.05, 3.63) is 11.8 Å². The topological polar surface area (TPSA) is 143 Å². The molecule has 1 aliphatic heterocycles. The number of rotatable bonds is 15. The van der Waals surface area contributed by atoms with Crippen LogP contribution < -0.4 is 16.0 Å². The first-order chi connectivity index (χ1) is 16.0. The Balaban J connectivity index is 2.16. The minimum atomic E-state index is -0.985. The molecule has 0 spiro atoms. The maximum atomic E-state index is 13.2. The van der Waals surface area contributed by atoms with Gasteiger partial charge in [0.15, 0.2) is 11.6 Å². The van der Waals surface area contributed by atoms with Crippen molar-refractivity contribution in [3.63, 3.8) is 0 Å². The number of Topliss-reactive ketones (excluding diaryl/α,β-unsaturated/α-hetero) is 1. The van der Waals surface area contributed by atoms with Crippen LogP contribution >= 0.6 is 23.5 Å². The number of nitrogens with zero attached hydrogens (tertiary/aromatic N) is 1. The third-order valence-corrected chi connectivity index (χ3v) is 6.95. The van der Waals surface area contributed by atoms with Gasteiger partial charge in [0.2, 0.25) is 11.8 Å². The van der Waals surface area contributed by atoms with Gasteiger partial charge < -0.3 is 30.0 Å². The average Bonchev–Trinajstić information content (AvgIpc) is 3.40. The van der Waals surface area contributed by atoms with Crippen molar-refractivity contribution >= 4 is 53.2 Å². The summed E-state index contributed by atoms with van der Waals surface area (Å²) in [6.45, 7) is 7.68. The Morgan fingerprint density at radius 2 is 1.85 bits per heavy atom. The van der Waals surface area contributed by atoms with E-state index in [-0.39, 0.29) is 17.5 Å². The molecule has 1 aromatic rings. The van der Waals surface area contributed by atoms with E-state index < -0.39 is 40.8 Å². The molecule has 0 aliphatic carbocycles.